The first-order chi connectivity index (χ1) is 5.90. The van der Waals surface area contributed by atoms with Crippen molar-refractivity contribution in [2.45, 2.75) is 25.7 Å². The smallest absolute Gasteiger partial charge is 0.0462 e. The third kappa shape index (κ3) is 1.64. The lowest BCUT2D eigenvalue weighted by molar-refractivity contribution is 0.0656. The molecule has 1 saturated carbocycles. The summed E-state index contributed by atoms with van der Waals surface area (Å²) in [6, 6.07) is 0. The van der Waals surface area contributed by atoms with E-state index in [9.17, 15) is 0 Å². The number of hydrogen-bond donors (Lipinski definition) is 1. The van der Waals surface area contributed by atoms with E-state index in [1.54, 1.807) is 0 Å². The molecule has 12 heavy (non-hydrogen) atoms. The quantitative estimate of drug-likeness (QED) is 0.684. The molecule has 0 radical (unpaired) electrons. The first kappa shape index (κ1) is 8.52. The van der Waals surface area contributed by atoms with E-state index >= 15 is 0 Å². The van der Waals surface area contributed by atoms with Crippen LogP contribution in [0.4, 0.5) is 0 Å². The van der Waals surface area contributed by atoms with Gasteiger partial charge in [0.2, 0.25) is 0 Å². The molecular weight excluding hydrogens is 150 g/mol. The fourth-order valence-corrected chi connectivity index (χ4v) is 2.42. The minimum Gasteiger partial charge on any atom is -0.396 e. The summed E-state index contributed by atoms with van der Waals surface area (Å²) < 4.78 is 0. The van der Waals surface area contributed by atoms with Crippen molar-refractivity contribution < 1.29 is 5.11 Å². The van der Waals surface area contributed by atoms with Gasteiger partial charge in [0.25, 0.3) is 0 Å². The van der Waals surface area contributed by atoms with Crippen molar-refractivity contribution >= 4 is 0 Å². The maximum Gasteiger partial charge on any atom is 0.0462 e. The third-order valence-electron chi connectivity index (χ3n) is 3.50. The van der Waals surface area contributed by atoms with E-state index in [2.05, 4.69) is 4.90 Å². The molecule has 0 bridgehead atoms. The van der Waals surface area contributed by atoms with Crippen molar-refractivity contribution in [3.8, 4) is 0 Å². The van der Waals surface area contributed by atoms with Gasteiger partial charge in [0, 0.05) is 13.2 Å². The number of likely N-dealkylation sites (tertiary alicyclic amines) is 1. The van der Waals surface area contributed by atoms with E-state index in [1.807, 2.05) is 0 Å². The van der Waals surface area contributed by atoms with E-state index in [-0.39, 0.29) is 0 Å². The second kappa shape index (κ2) is 3.75. The second-order valence-electron chi connectivity index (χ2n) is 4.29. The molecule has 2 atom stereocenters. The van der Waals surface area contributed by atoms with Crippen molar-refractivity contribution in [2.24, 2.45) is 11.8 Å². The molecule has 1 aliphatic carbocycles. The van der Waals surface area contributed by atoms with Crippen LogP contribution in [0.25, 0.3) is 0 Å². The highest BCUT2D eigenvalue weighted by atomic mass is 16.3. The second-order valence-corrected chi connectivity index (χ2v) is 4.29. The first-order valence-electron chi connectivity index (χ1n) is 5.23. The van der Waals surface area contributed by atoms with E-state index in [0.717, 1.165) is 5.92 Å². The summed E-state index contributed by atoms with van der Waals surface area (Å²) in [4.78, 5) is 2.56. The van der Waals surface area contributed by atoms with Gasteiger partial charge in [-0.05, 0) is 50.6 Å². The topological polar surface area (TPSA) is 23.5 Å². The monoisotopic (exact) mass is 169 g/mol. The molecule has 2 nitrogen and oxygen atoms in total. The molecule has 1 saturated heterocycles. The average Bonchev–Trinajstić information content (AvgIpc) is 2.51. The van der Waals surface area contributed by atoms with E-state index in [4.69, 9.17) is 5.11 Å². The lowest BCUT2D eigenvalue weighted by atomic mass is 9.74. The van der Waals surface area contributed by atoms with Crippen LogP contribution >= 0.6 is 0 Å². The van der Waals surface area contributed by atoms with Gasteiger partial charge in [0.15, 0.2) is 0 Å². The zero-order valence-corrected chi connectivity index (χ0v) is 7.71. The zero-order chi connectivity index (χ0) is 8.39. The van der Waals surface area contributed by atoms with Crippen LogP contribution in [0.15, 0.2) is 0 Å². The van der Waals surface area contributed by atoms with Gasteiger partial charge in [0.05, 0.1) is 0 Å². The minimum atomic E-state index is 0.415. The van der Waals surface area contributed by atoms with Crippen LogP contribution in [0.5, 0.6) is 0 Å². The molecule has 0 aromatic heterocycles. The van der Waals surface area contributed by atoms with Crippen LogP contribution in [0.2, 0.25) is 0 Å². The van der Waals surface area contributed by atoms with Crippen LogP contribution < -0.4 is 0 Å². The standard InChI is InChI=1S/C10H19NO/c12-8-10-4-3-9(10)7-11-5-1-2-6-11/h9-10,12H,1-8H2. The molecule has 1 aliphatic heterocycles. The highest BCUT2D eigenvalue weighted by molar-refractivity contribution is 4.83. The Bertz CT molecular complexity index is 141. The Balaban J connectivity index is 1.71. The van der Waals surface area contributed by atoms with Crippen molar-refractivity contribution in [2.75, 3.05) is 26.2 Å². The van der Waals surface area contributed by atoms with E-state index in [1.165, 1.54) is 45.3 Å². The summed E-state index contributed by atoms with van der Waals surface area (Å²) in [5.74, 6) is 1.44. The molecule has 0 amide bonds. The lowest BCUT2D eigenvalue weighted by Gasteiger charge is -2.37. The number of nitrogens with zero attached hydrogens (tertiary/aromatic N) is 1. The fraction of sp³-hybridized carbons (Fsp3) is 1.00. The SMILES string of the molecule is OCC1CCC1CN1CCCC1. The summed E-state index contributed by atoms with van der Waals surface area (Å²) >= 11 is 0. The fourth-order valence-electron chi connectivity index (χ4n) is 2.42. The third-order valence-corrected chi connectivity index (χ3v) is 3.50. The number of hydrogen-bond acceptors (Lipinski definition) is 2. The minimum absolute atomic E-state index is 0.415. The van der Waals surface area contributed by atoms with Crippen LogP contribution in [0, 0.1) is 11.8 Å². The van der Waals surface area contributed by atoms with E-state index in [0.29, 0.717) is 12.5 Å². The zero-order valence-electron chi connectivity index (χ0n) is 7.71. The molecule has 1 heterocycles. The van der Waals surface area contributed by atoms with Crippen molar-refractivity contribution in [3.05, 3.63) is 0 Å². The molecule has 2 fully saturated rings. The Labute approximate surface area is 74.6 Å². The predicted octanol–water partition coefficient (Wildman–Crippen LogP) is 1.10. The summed E-state index contributed by atoms with van der Waals surface area (Å²) in [6.45, 7) is 4.27. The molecule has 2 unspecified atom stereocenters. The van der Waals surface area contributed by atoms with Gasteiger partial charge in [-0.15, -0.1) is 0 Å². The average molecular weight is 169 g/mol. The Kier molecular flexibility index (Phi) is 2.66. The largest absolute Gasteiger partial charge is 0.396 e. The van der Waals surface area contributed by atoms with Crippen LogP contribution in [0.1, 0.15) is 25.7 Å². The highest BCUT2D eigenvalue weighted by Crippen LogP contribution is 2.34. The lowest BCUT2D eigenvalue weighted by Crippen LogP contribution is -2.38. The summed E-state index contributed by atoms with van der Waals surface area (Å²) in [5.41, 5.74) is 0. The maximum absolute atomic E-state index is 9.01. The molecule has 1 N–H and O–H groups in total. The molecule has 0 spiro atoms. The van der Waals surface area contributed by atoms with Gasteiger partial charge >= 0.3 is 0 Å². The Morgan fingerprint density at radius 2 is 1.75 bits per heavy atom. The van der Waals surface area contributed by atoms with Crippen molar-refractivity contribution in [1.82, 2.24) is 4.90 Å². The van der Waals surface area contributed by atoms with Gasteiger partial charge in [-0.2, -0.15) is 0 Å². The number of aliphatic hydroxyl groups excluding tert-OH is 1. The summed E-state index contributed by atoms with van der Waals surface area (Å²) in [5, 5.41) is 9.01. The van der Waals surface area contributed by atoms with Crippen molar-refractivity contribution in [3.63, 3.8) is 0 Å². The van der Waals surface area contributed by atoms with Crippen LogP contribution in [-0.2, 0) is 0 Å². The molecular formula is C10H19NO. The van der Waals surface area contributed by atoms with Gasteiger partial charge in [-0.3, -0.25) is 0 Å². The maximum atomic E-state index is 9.01. The molecule has 2 rings (SSSR count). The van der Waals surface area contributed by atoms with Crippen LogP contribution in [-0.4, -0.2) is 36.2 Å². The molecule has 2 aliphatic rings. The molecule has 70 valence electrons. The van der Waals surface area contributed by atoms with E-state index < -0.39 is 0 Å². The van der Waals surface area contributed by atoms with Crippen LogP contribution in [0.3, 0.4) is 0 Å². The summed E-state index contributed by atoms with van der Waals surface area (Å²) in [7, 11) is 0. The summed E-state index contributed by atoms with van der Waals surface area (Å²) in [6.07, 6.45) is 5.38. The highest BCUT2D eigenvalue weighted by Gasteiger charge is 2.31. The Hall–Kier alpha value is -0.0800. The molecule has 2 heteroatoms. The normalized spacial score (nSPS) is 36.8. The number of rotatable bonds is 3. The molecule has 0 aromatic rings. The Morgan fingerprint density at radius 3 is 2.25 bits per heavy atom. The van der Waals surface area contributed by atoms with Gasteiger partial charge in [-0.25, -0.2) is 0 Å². The van der Waals surface area contributed by atoms with Crippen molar-refractivity contribution in [1.29, 1.82) is 0 Å². The van der Waals surface area contributed by atoms with Gasteiger partial charge in [-0.1, -0.05) is 0 Å². The Morgan fingerprint density at radius 1 is 1.08 bits per heavy atom. The first-order valence-corrected chi connectivity index (χ1v) is 5.23. The number of aliphatic hydroxyl groups is 1. The van der Waals surface area contributed by atoms with Gasteiger partial charge in [0.1, 0.15) is 0 Å². The van der Waals surface area contributed by atoms with Gasteiger partial charge < -0.3 is 10.0 Å². The predicted molar refractivity (Wildman–Crippen MR) is 49.0 cm³/mol. The molecule has 0 aromatic carbocycles.